The predicted molar refractivity (Wildman–Crippen MR) is 60.4 cm³/mol. The largest absolute Gasteiger partial charge is 0.419 e. The van der Waals surface area contributed by atoms with E-state index in [1.54, 1.807) is 0 Å². The SMILES string of the molecule is OCCn1cc(-c2nc(Cl)ncc2C(F)(F)F)cn1. The molecule has 102 valence electrons. The molecule has 0 aliphatic rings. The van der Waals surface area contributed by atoms with Crippen LogP contribution < -0.4 is 0 Å². The average Bonchev–Trinajstić information content (AvgIpc) is 2.76. The van der Waals surface area contributed by atoms with Gasteiger partial charge in [0.15, 0.2) is 0 Å². The van der Waals surface area contributed by atoms with Crippen molar-refractivity contribution in [1.29, 1.82) is 0 Å². The topological polar surface area (TPSA) is 63.8 Å². The fraction of sp³-hybridized carbons (Fsp3) is 0.300. The van der Waals surface area contributed by atoms with Crippen LogP contribution >= 0.6 is 11.6 Å². The number of aliphatic hydroxyl groups is 1. The van der Waals surface area contributed by atoms with E-state index in [1.807, 2.05) is 0 Å². The number of aliphatic hydroxyl groups excluding tert-OH is 1. The lowest BCUT2D eigenvalue weighted by molar-refractivity contribution is -0.137. The highest BCUT2D eigenvalue weighted by atomic mass is 35.5. The molecule has 19 heavy (non-hydrogen) atoms. The Hall–Kier alpha value is -1.67. The highest BCUT2D eigenvalue weighted by Gasteiger charge is 2.35. The molecule has 5 nitrogen and oxygen atoms in total. The maximum atomic E-state index is 12.8. The van der Waals surface area contributed by atoms with E-state index in [4.69, 9.17) is 16.7 Å². The van der Waals surface area contributed by atoms with Crippen molar-refractivity contribution < 1.29 is 18.3 Å². The number of alkyl halides is 3. The van der Waals surface area contributed by atoms with E-state index in [2.05, 4.69) is 15.1 Å². The monoisotopic (exact) mass is 292 g/mol. The van der Waals surface area contributed by atoms with Gasteiger partial charge in [-0.3, -0.25) is 4.68 Å². The number of halogens is 4. The molecule has 9 heteroatoms. The molecule has 0 bridgehead atoms. The standard InChI is InChI=1S/C10H8ClF3N4O/c11-9-15-4-7(10(12,13)14)8(17-9)6-3-16-18(5-6)1-2-19/h3-5,19H,1-2H2. The molecule has 0 radical (unpaired) electrons. The van der Waals surface area contributed by atoms with Crippen LogP contribution in [0.15, 0.2) is 18.6 Å². The summed E-state index contributed by atoms with van der Waals surface area (Å²) in [7, 11) is 0. The molecule has 0 aliphatic carbocycles. The molecule has 0 spiro atoms. The Labute approximate surface area is 110 Å². The van der Waals surface area contributed by atoms with E-state index in [9.17, 15) is 13.2 Å². The number of hydrogen-bond acceptors (Lipinski definition) is 4. The van der Waals surface area contributed by atoms with Gasteiger partial charge in [-0.1, -0.05) is 0 Å². The van der Waals surface area contributed by atoms with Crippen LogP contribution in [-0.4, -0.2) is 31.5 Å². The minimum atomic E-state index is -4.58. The minimum Gasteiger partial charge on any atom is -0.394 e. The lowest BCUT2D eigenvalue weighted by Crippen LogP contribution is -2.09. The molecule has 0 saturated carbocycles. The van der Waals surface area contributed by atoms with Gasteiger partial charge in [0.25, 0.3) is 0 Å². The summed E-state index contributed by atoms with van der Waals surface area (Å²) < 4.78 is 39.8. The maximum absolute atomic E-state index is 12.8. The molecule has 1 N–H and O–H groups in total. The Morgan fingerprint density at radius 1 is 1.32 bits per heavy atom. The summed E-state index contributed by atoms with van der Waals surface area (Å²) in [6.45, 7) is 0.0119. The van der Waals surface area contributed by atoms with Crippen LogP contribution in [0, 0.1) is 0 Å². The molecule has 2 heterocycles. The van der Waals surface area contributed by atoms with Crippen LogP contribution in [0.5, 0.6) is 0 Å². The summed E-state index contributed by atoms with van der Waals surface area (Å²) in [6, 6.07) is 0. The zero-order chi connectivity index (χ0) is 14.0. The van der Waals surface area contributed by atoms with Gasteiger partial charge in [-0.25, -0.2) is 9.97 Å². The van der Waals surface area contributed by atoms with E-state index in [-0.39, 0.29) is 29.7 Å². The van der Waals surface area contributed by atoms with Crippen molar-refractivity contribution >= 4 is 11.6 Å². The van der Waals surface area contributed by atoms with Crippen LogP contribution in [-0.2, 0) is 12.7 Å². The molecule has 0 fully saturated rings. The van der Waals surface area contributed by atoms with Gasteiger partial charge in [-0.15, -0.1) is 0 Å². The van der Waals surface area contributed by atoms with Crippen molar-refractivity contribution in [1.82, 2.24) is 19.7 Å². The first-order valence-corrected chi connectivity index (χ1v) is 5.53. The second-order valence-electron chi connectivity index (χ2n) is 3.61. The third-order valence-corrected chi connectivity index (χ3v) is 2.48. The van der Waals surface area contributed by atoms with Gasteiger partial charge in [-0.05, 0) is 11.6 Å². The Balaban J connectivity index is 2.50. The molecular weight excluding hydrogens is 285 g/mol. The first kappa shape index (κ1) is 13.8. The summed E-state index contributed by atoms with van der Waals surface area (Å²) in [5, 5.41) is 12.3. The average molecular weight is 293 g/mol. The first-order chi connectivity index (χ1) is 8.91. The molecule has 0 amide bonds. The third-order valence-electron chi connectivity index (χ3n) is 2.30. The Kier molecular flexibility index (Phi) is 3.72. The predicted octanol–water partition coefficient (Wildman–Crippen LogP) is 2.00. The second kappa shape index (κ2) is 5.14. The quantitative estimate of drug-likeness (QED) is 0.879. The molecule has 0 atom stereocenters. The molecule has 2 rings (SSSR count). The van der Waals surface area contributed by atoms with Gasteiger partial charge < -0.3 is 5.11 Å². The van der Waals surface area contributed by atoms with Crippen LogP contribution in [0.4, 0.5) is 13.2 Å². The fourth-order valence-electron chi connectivity index (χ4n) is 1.50. The van der Waals surface area contributed by atoms with Gasteiger partial charge in [0, 0.05) is 18.0 Å². The molecule has 0 saturated heterocycles. The van der Waals surface area contributed by atoms with Gasteiger partial charge in [-0.2, -0.15) is 18.3 Å². The lowest BCUT2D eigenvalue weighted by Gasteiger charge is -2.10. The normalized spacial score (nSPS) is 11.8. The Morgan fingerprint density at radius 3 is 2.68 bits per heavy atom. The number of aromatic nitrogens is 4. The third kappa shape index (κ3) is 3.02. The maximum Gasteiger partial charge on any atom is 0.419 e. The smallest absolute Gasteiger partial charge is 0.394 e. The summed E-state index contributed by atoms with van der Waals surface area (Å²) in [5.74, 6) is 0. The van der Waals surface area contributed by atoms with Crippen LogP contribution in [0.3, 0.4) is 0 Å². The summed E-state index contributed by atoms with van der Waals surface area (Å²) >= 11 is 5.53. The minimum absolute atomic E-state index is 0.157. The van der Waals surface area contributed by atoms with Crippen molar-refractivity contribution in [3.8, 4) is 11.3 Å². The van der Waals surface area contributed by atoms with Gasteiger partial charge in [0.2, 0.25) is 5.28 Å². The van der Waals surface area contributed by atoms with E-state index >= 15 is 0 Å². The van der Waals surface area contributed by atoms with E-state index in [0.29, 0.717) is 6.20 Å². The molecular formula is C10H8ClF3N4O. The van der Waals surface area contributed by atoms with Crippen molar-refractivity contribution in [3.63, 3.8) is 0 Å². The summed E-state index contributed by atoms with van der Waals surface area (Å²) in [6.07, 6.45) is -1.37. The fourth-order valence-corrected chi connectivity index (χ4v) is 1.63. The van der Waals surface area contributed by atoms with E-state index < -0.39 is 11.7 Å². The van der Waals surface area contributed by atoms with Crippen LogP contribution in [0.1, 0.15) is 5.56 Å². The lowest BCUT2D eigenvalue weighted by atomic mass is 10.1. The van der Waals surface area contributed by atoms with Crippen molar-refractivity contribution in [2.24, 2.45) is 0 Å². The summed E-state index contributed by atoms with van der Waals surface area (Å²) in [5.41, 5.74) is -1.16. The number of hydrogen-bond donors (Lipinski definition) is 1. The van der Waals surface area contributed by atoms with Crippen LogP contribution in [0.25, 0.3) is 11.3 Å². The Bertz CT molecular complexity index is 584. The number of nitrogens with zero attached hydrogens (tertiary/aromatic N) is 4. The molecule has 2 aromatic rings. The zero-order valence-electron chi connectivity index (χ0n) is 9.39. The first-order valence-electron chi connectivity index (χ1n) is 5.15. The molecule has 2 aromatic heterocycles. The van der Waals surface area contributed by atoms with Gasteiger partial charge in [0.1, 0.15) is 5.56 Å². The van der Waals surface area contributed by atoms with Gasteiger partial charge >= 0.3 is 6.18 Å². The summed E-state index contributed by atoms with van der Waals surface area (Å²) in [4.78, 5) is 6.94. The molecule has 0 aliphatic heterocycles. The Morgan fingerprint density at radius 2 is 2.05 bits per heavy atom. The highest BCUT2D eigenvalue weighted by molar-refractivity contribution is 6.28. The van der Waals surface area contributed by atoms with Crippen LogP contribution in [0.2, 0.25) is 5.28 Å². The van der Waals surface area contributed by atoms with E-state index in [1.165, 1.54) is 17.1 Å². The highest BCUT2D eigenvalue weighted by Crippen LogP contribution is 2.35. The zero-order valence-corrected chi connectivity index (χ0v) is 10.2. The number of rotatable bonds is 3. The second-order valence-corrected chi connectivity index (χ2v) is 3.95. The van der Waals surface area contributed by atoms with Crippen molar-refractivity contribution in [2.45, 2.75) is 12.7 Å². The van der Waals surface area contributed by atoms with Gasteiger partial charge in [0.05, 0.1) is 25.0 Å². The van der Waals surface area contributed by atoms with Crippen molar-refractivity contribution in [3.05, 3.63) is 29.4 Å². The van der Waals surface area contributed by atoms with Crippen molar-refractivity contribution in [2.75, 3.05) is 6.61 Å². The molecule has 0 unspecified atom stereocenters. The molecule has 0 aromatic carbocycles. The van der Waals surface area contributed by atoms with E-state index in [0.717, 1.165) is 0 Å².